The molecule has 0 bridgehead atoms. The van der Waals surface area contributed by atoms with Crippen molar-refractivity contribution in [1.82, 2.24) is 0 Å². The van der Waals surface area contributed by atoms with Crippen LogP contribution in [0.4, 0.5) is 5.69 Å². The van der Waals surface area contributed by atoms with E-state index in [4.69, 9.17) is 10.5 Å². The highest BCUT2D eigenvalue weighted by molar-refractivity contribution is 9.10. The zero-order valence-corrected chi connectivity index (χ0v) is 11.9. The van der Waals surface area contributed by atoms with Crippen molar-refractivity contribution < 1.29 is 8.95 Å². The van der Waals surface area contributed by atoms with Gasteiger partial charge in [-0.1, -0.05) is 15.9 Å². The fourth-order valence-corrected chi connectivity index (χ4v) is 3.78. The minimum atomic E-state index is -1.08. The van der Waals surface area contributed by atoms with Crippen LogP contribution in [0.5, 0.6) is 0 Å². The molecule has 1 saturated heterocycles. The molecular weight excluding hydrogens is 302 g/mol. The summed E-state index contributed by atoms with van der Waals surface area (Å²) in [6, 6.07) is 5.46. The SMILES string of the molecule is Nc1ccc(Br)cc1S(=O)CC1CCCCO1. The van der Waals surface area contributed by atoms with Crippen molar-refractivity contribution in [2.45, 2.75) is 30.3 Å². The predicted molar refractivity (Wildman–Crippen MR) is 73.4 cm³/mol. The van der Waals surface area contributed by atoms with Gasteiger partial charge in [-0.3, -0.25) is 4.21 Å². The van der Waals surface area contributed by atoms with Gasteiger partial charge in [0.2, 0.25) is 0 Å². The average molecular weight is 318 g/mol. The molecule has 1 aromatic carbocycles. The van der Waals surface area contributed by atoms with Gasteiger partial charge >= 0.3 is 0 Å². The zero-order chi connectivity index (χ0) is 12.3. The van der Waals surface area contributed by atoms with Gasteiger partial charge < -0.3 is 10.5 Å². The maximum absolute atomic E-state index is 12.2. The number of hydrogen-bond donors (Lipinski definition) is 1. The molecule has 0 radical (unpaired) electrons. The summed E-state index contributed by atoms with van der Waals surface area (Å²) in [5, 5.41) is 0. The van der Waals surface area contributed by atoms with E-state index < -0.39 is 10.8 Å². The third kappa shape index (κ3) is 3.53. The average Bonchev–Trinajstić information content (AvgIpc) is 2.33. The van der Waals surface area contributed by atoms with E-state index in [9.17, 15) is 4.21 Å². The number of nitrogens with two attached hydrogens (primary N) is 1. The second-order valence-corrected chi connectivity index (χ2v) is 6.56. The van der Waals surface area contributed by atoms with Crippen LogP contribution in [0.2, 0.25) is 0 Å². The molecule has 2 unspecified atom stereocenters. The molecule has 17 heavy (non-hydrogen) atoms. The topological polar surface area (TPSA) is 52.3 Å². The van der Waals surface area contributed by atoms with Crippen molar-refractivity contribution in [3.05, 3.63) is 22.7 Å². The Hall–Kier alpha value is -0.390. The van der Waals surface area contributed by atoms with E-state index in [1.165, 1.54) is 0 Å². The molecule has 0 amide bonds. The molecule has 1 aliphatic heterocycles. The first-order valence-corrected chi connectivity index (χ1v) is 7.83. The predicted octanol–water partition coefficient (Wildman–Crippen LogP) is 2.71. The standard InChI is InChI=1S/C12H16BrNO2S/c13-9-4-5-11(14)12(7-9)17(15)8-10-3-1-2-6-16-10/h4-5,7,10H,1-3,6,8,14H2. The Labute approximate surface area is 112 Å². The molecule has 1 fully saturated rings. The van der Waals surface area contributed by atoms with E-state index in [0.717, 1.165) is 30.3 Å². The molecule has 0 spiro atoms. The quantitative estimate of drug-likeness (QED) is 0.872. The van der Waals surface area contributed by atoms with Gasteiger partial charge in [-0.2, -0.15) is 0 Å². The summed E-state index contributed by atoms with van der Waals surface area (Å²) in [6.45, 7) is 0.788. The van der Waals surface area contributed by atoms with Crippen LogP contribution in [0, 0.1) is 0 Å². The molecule has 2 rings (SSSR count). The summed E-state index contributed by atoms with van der Waals surface area (Å²) < 4.78 is 18.7. The van der Waals surface area contributed by atoms with Crippen LogP contribution < -0.4 is 5.73 Å². The van der Waals surface area contributed by atoms with Crippen LogP contribution in [-0.2, 0) is 15.5 Å². The number of ether oxygens (including phenoxy) is 1. The summed E-state index contributed by atoms with van der Waals surface area (Å²) in [7, 11) is -1.08. The van der Waals surface area contributed by atoms with Crippen LogP contribution in [0.15, 0.2) is 27.6 Å². The highest BCUT2D eigenvalue weighted by Crippen LogP contribution is 2.24. The molecule has 2 N–H and O–H groups in total. The molecule has 0 aromatic heterocycles. The van der Waals surface area contributed by atoms with Crippen LogP contribution in [0.1, 0.15) is 19.3 Å². The summed E-state index contributed by atoms with van der Waals surface area (Å²) in [6.07, 6.45) is 3.39. The van der Waals surface area contributed by atoms with Gasteiger partial charge in [-0.25, -0.2) is 0 Å². The largest absolute Gasteiger partial charge is 0.398 e. The number of hydrogen-bond acceptors (Lipinski definition) is 3. The van der Waals surface area contributed by atoms with Gasteiger partial charge in [-0.15, -0.1) is 0 Å². The highest BCUT2D eigenvalue weighted by atomic mass is 79.9. The molecule has 94 valence electrons. The lowest BCUT2D eigenvalue weighted by Gasteiger charge is -2.22. The lowest BCUT2D eigenvalue weighted by molar-refractivity contribution is 0.0310. The minimum Gasteiger partial charge on any atom is -0.398 e. The Balaban J connectivity index is 2.05. The number of rotatable bonds is 3. The third-order valence-corrected chi connectivity index (χ3v) is 4.84. The van der Waals surface area contributed by atoms with Gasteiger partial charge in [0, 0.05) is 16.8 Å². The van der Waals surface area contributed by atoms with Crippen LogP contribution in [-0.4, -0.2) is 22.7 Å². The maximum Gasteiger partial charge on any atom is 0.0693 e. The first kappa shape index (κ1) is 13.1. The summed E-state index contributed by atoms with van der Waals surface area (Å²) in [5.41, 5.74) is 6.43. The van der Waals surface area contributed by atoms with Gasteiger partial charge in [-0.05, 0) is 37.5 Å². The molecule has 5 heteroatoms. The van der Waals surface area contributed by atoms with Gasteiger partial charge in [0.25, 0.3) is 0 Å². The zero-order valence-electron chi connectivity index (χ0n) is 9.52. The van der Waals surface area contributed by atoms with Crippen LogP contribution in [0.3, 0.4) is 0 Å². The summed E-state index contributed by atoms with van der Waals surface area (Å²) in [4.78, 5) is 0.702. The van der Waals surface area contributed by atoms with Gasteiger partial charge in [0.1, 0.15) is 0 Å². The van der Waals surface area contributed by atoms with E-state index in [0.29, 0.717) is 16.3 Å². The fraction of sp³-hybridized carbons (Fsp3) is 0.500. The number of anilines is 1. The van der Waals surface area contributed by atoms with Crippen LogP contribution >= 0.6 is 15.9 Å². The fourth-order valence-electron chi connectivity index (χ4n) is 1.90. The molecule has 1 aliphatic rings. The maximum atomic E-state index is 12.2. The van der Waals surface area contributed by atoms with Gasteiger partial charge in [0.05, 0.1) is 27.6 Å². The molecule has 2 atom stereocenters. The first-order chi connectivity index (χ1) is 8.16. The van der Waals surface area contributed by atoms with E-state index in [1.54, 1.807) is 6.07 Å². The Kier molecular flexibility index (Phi) is 4.59. The van der Waals surface area contributed by atoms with Crippen molar-refractivity contribution in [3.63, 3.8) is 0 Å². The Morgan fingerprint density at radius 2 is 2.29 bits per heavy atom. The van der Waals surface area contributed by atoms with E-state index in [-0.39, 0.29) is 6.10 Å². The van der Waals surface area contributed by atoms with Crippen molar-refractivity contribution in [3.8, 4) is 0 Å². The molecule has 0 aliphatic carbocycles. The smallest absolute Gasteiger partial charge is 0.0693 e. The van der Waals surface area contributed by atoms with E-state index in [2.05, 4.69) is 15.9 Å². The normalized spacial score (nSPS) is 22.3. The van der Waals surface area contributed by atoms with E-state index >= 15 is 0 Å². The molecule has 1 aromatic rings. The lowest BCUT2D eigenvalue weighted by Crippen LogP contribution is -2.25. The second-order valence-electron chi connectivity index (χ2n) is 4.18. The summed E-state index contributed by atoms with van der Waals surface area (Å²) >= 11 is 3.37. The molecule has 1 heterocycles. The number of halogens is 1. The van der Waals surface area contributed by atoms with E-state index in [1.807, 2.05) is 12.1 Å². The summed E-state index contributed by atoms with van der Waals surface area (Å²) in [5.74, 6) is 0.542. The number of benzene rings is 1. The third-order valence-electron chi connectivity index (χ3n) is 2.83. The molecule has 0 saturated carbocycles. The minimum absolute atomic E-state index is 0.114. The Morgan fingerprint density at radius 1 is 1.47 bits per heavy atom. The van der Waals surface area contributed by atoms with Crippen molar-refractivity contribution in [1.29, 1.82) is 0 Å². The molecular formula is C12H16BrNO2S. The van der Waals surface area contributed by atoms with Gasteiger partial charge in [0.15, 0.2) is 0 Å². The first-order valence-electron chi connectivity index (χ1n) is 5.72. The monoisotopic (exact) mass is 317 g/mol. The van der Waals surface area contributed by atoms with Crippen molar-refractivity contribution >= 4 is 32.4 Å². The molecule has 3 nitrogen and oxygen atoms in total. The Bertz CT molecular complexity index is 419. The highest BCUT2D eigenvalue weighted by Gasteiger charge is 2.19. The lowest BCUT2D eigenvalue weighted by atomic mass is 10.1. The van der Waals surface area contributed by atoms with Crippen LogP contribution in [0.25, 0.3) is 0 Å². The second kappa shape index (κ2) is 5.98. The van der Waals surface area contributed by atoms with Crippen molar-refractivity contribution in [2.24, 2.45) is 0 Å². The van der Waals surface area contributed by atoms with Crippen molar-refractivity contribution in [2.75, 3.05) is 18.1 Å². The number of nitrogen functional groups attached to an aromatic ring is 1. The Morgan fingerprint density at radius 3 is 3.00 bits per heavy atom.